The first-order chi connectivity index (χ1) is 6.88. The van der Waals surface area contributed by atoms with Gasteiger partial charge in [0.25, 0.3) is 0 Å². The number of halogens is 1. The van der Waals surface area contributed by atoms with Crippen molar-refractivity contribution in [2.45, 2.75) is 52.5 Å². The Hall–Kier alpha value is -0.280. The van der Waals surface area contributed by atoms with Crippen LogP contribution in [0.15, 0.2) is 0 Å². The molecule has 1 rings (SSSR count). The molecule has 3 nitrogen and oxygen atoms in total. The summed E-state index contributed by atoms with van der Waals surface area (Å²) in [5, 5.41) is 2.91. The number of carbonyl (C=O) groups excluding carboxylic acids is 1. The molecular weight excluding hydrogens is 224 g/mol. The molecule has 0 radical (unpaired) electrons. The van der Waals surface area contributed by atoms with Crippen molar-refractivity contribution >= 4 is 18.3 Å². The van der Waals surface area contributed by atoms with E-state index in [0.29, 0.717) is 18.9 Å². The van der Waals surface area contributed by atoms with Crippen molar-refractivity contribution in [1.29, 1.82) is 0 Å². The van der Waals surface area contributed by atoms with Crippen LogP contribution in [0.4, 0.5) is 0 Å². The first-order valence-corrected chi connectivity index (χ1v) is 5.91. The molecule has 3 N–H and O–H groups in total. The number of nitrogens with one attached hydrogen (secondary N) is 1. The molecule has 0 aromatic heterocycles. The second-order valence-corrected chi connectivity index (χ2v) is 5.87. The second-order valence-electron chi connectivity index (χ2n) is 5.87. The third-order valence-corrected chi connectivity index (χ3v) is 2.86. The molecule has 1 fully saturated rings. The highest BCUT2D eigenvalue weighted by atomic mass is 35.5. The van der Waals surface area contributed by atoms with E-state index >= 15 is 0 Å². The topological polar surface area (TPSA) is 55.1 Å². The molecule has 0 spiro atoms. The highest BCUT2D eigenvalue weighted by Crippen LogP contribution is 2.31. The van der Waals surface area contributed by atoms with E-state index < -0.39 is 0 Å². The van der Waals surface area contributed by atoms with Crippen LogP contribution in [0.2, 0.25) is 0 Å². The minimum absolute atomic E-state index is 0. The minimum atomic E-state index is 0. The van der Waals surface area contributed by atoms with Crippen LogP contribution in [0.3, 0.4) is 0 Å². The minimum Gasteiger partial charge on any atom is -0.355 e. The van der Waals surface area contributed by atoms with Gasteiger partial charge in [0.1, 0.15) is 0 Å². The number of hydrogen-bond donors (Lipinski definition) is 2. The molecule has 1 amide bonds. The predicted molar refractivity (Wildman–Crippen MR) is 69.6 cm³/mol. The monoisotopic (exact) mass is 248 g/mol. The zero-order chi connectivity index (χ0) is 11.5. The lowest BCUT2D eigenvalue weighted by Gasteiger charge is -2.18. The molecule has 1 aliphatic carbocycles. The summed E-state index contributed by atoms with van der Waals surface area (Å²) in [6, 6.07) is 0.170. The zero-order valence-electron chi connectivity index (χ0n) is 10.6. The van der Waals surface area contributed by atoms with Crippen molar-refractivity contribution in [1.82, 2.24) is 5.32 Å². The van der Waals surface area contributed by atoms with E-state index in [1.165, 1.54) is 12.8 Å². The lowest BCUT2D eigenvalue weighted by atomic mass is 9.90. The zero-order valence-corrected chi connectivity index (χ0v) is 11.4. The van der Waals surface area contributed by atoms with Gasteiger partial charge in [0.2, 0.25) is 5.91 Å². The van der Waals surface area contributed by atoms with Gasteiger partial charge < -0.3 is 11.1 Å². The Kier molecular flexibility index (Phi) is 6.34. The Morgan fingerprint density at radius 1 is 1.44 bits per heavy atom. The molecule has 4 heteroatoms. The molecule has 96 valence electrons. The first kappa shape index (κ1) is 15.7. The van der Waals surface area contributed by atoms with E-state index in [2.05, 4.69) is 26.1 Å². The van der Waals surface area contributed by atoms with Gasteiger partial charge in [0.05, 0.1) is 0 Å². The molecule has 1 saturated carbocycles. The van der Waals surface area contributed by atoms with Gasteiger partial charge in [-0.15, -0.1) is 12.4 Å². The lowest BCUT2D eigenvalue weighted by Crippen LogP contribution is -2.38. The Labute approximate surface area is 105 Å². The Morgan fingerprint density at radius 2 is 2.00 bits per heavy atom. The van der Waals surface area contributed by atoms with Gasteiger partial charge >= 0.3 is 0 Å². The maximum Gasteiger partial charge on any atom is 0.220 e. The smallest absolute Gasteiger partial charge is 0.220 e. The van der Waals surface area contributed by atoms with Crippen molar-refractivity contribution in [2.24, 2.45) is 17.1 Å². The quantitative estimate of drug-likeness (QED) is 0.783. The van der Waals surface area contributed by atoms with Gasteiger partial charge in [0.15, 0.2) is 0 Å². The van der Waals surface area contributed by atoms with Crippen molar-refractivity contribution in [2.75, 3.05) is 6.54 Å². The van der Waals surface area contributed by atoms with Crippen molar-refractivity contribution < 1.29 is 4.79 Å². The summed E-state index contributed by atoms with van der Waals surface area (Å²) in [7, 11) is 0. The van der Waals surface area contributed by atoms with Gasteiger partial charge in [-0.2, -0.15) is 0 Å². The molecular formula is C12H25ClN2O. The highest BCUT2D eigenvalue weighted by Gasteiger charge is 2.28. The highest BCUT2D eigenvalue weighted by molar-refractivity contribution is 5.85. The van der Waals surface area contributed by atoms with Crippen LogP contribution in [-0.4, -0.2) is 18.5 Å². The summed E-state index contributed by atoms with van der Waals surface area (Å²) < 4.78 is 0. The third kappa shape index (κ3) is 7.07. The van der Waals surface area contributed by atoms with E-state index in [0.717, 1.165) is 6.42 Å². The van der Waals surface area contributed by atoms with E-state index in [-0.39, 0.29) is 29.8 Å². The maximum atomic E-state index is 11.5. The number of hydrogen-bond acceptors (Lipinski definition) is 2. The molecule has 0 aromatic rings. The van der Waals surface area contributed by atoms with Gasteiger partial charge in [-0.3, -0.25) is 4.79 Å². The third-order valence-electron chi connectivity index (χ3n) is 2.86. The second kappa shape index (κ2) is 6.45. The van der Waals surface area contributed by atoms with E-state index in [1.54, 1.807) is 0 Å². The molecule has 0 bridgehead atoms. The standard InChI is InChI=1S/C12H24N2O.ClH/c1-12(2,3)7-6-11(15)14-8-10(13)9-4-5-9;/h9-10H,4-8,13H2,1-3H3,(H,14,15);1H. The number of nitrogens with two attached hydrogens (primary N) is 1. The van der Waals surface area contributed by atoms with Crippen molar-refractivity contribution in [3.8, 4) is 0 Å². The summed E-state index contributed by atoms with van der Waals surface area (Å²) in [5.74, 6) is 0.800. The summed E-state index contributed by atoms with van der Waals surface area (Å²) in [4.78, 5) is 11.5. The lowest BCUT2D eigenvalue weighted by molar-refractivity contribution is -0.121. The van der Waals surface area contributed by atoms with Gasteiger partial charge in [-0.05, 0) is 30.6 Å². The molecule has 0 aromatic carbocycles. The summed E-state index contributed by atoms with van der Waals surface area (Å²) >= 11 is 0. The molecule has 0 heterocycles. The normalized spacial score (nSPS) is 17.5. The SMILES string of the molecule is CC(C)(C)CCC(=O)NCC(N)C1CC1.Cl. The fourth-order valence-corrected chi connectivity index (χ4v) is 1.50. The Bertz CT molecular complexity index is 222. The summed E-state index contributed by atoms with van der Waals surface area (Å²) in [6.45, 7) is 7.09. The largest absolute Gasteiger partial charge is 0.355 e. The van der Waals surface area contributed by atoms with Crippen LogP contribution < -0.4 is 11.1 Å². The average Bonchev–Trinajstić information content (AvgIpc) is 2.92. The van der Waals surface area contributed by atoms with E-state index in [4.69, 9.17) is 5.73 Å². The fourth-order valence-electron chi connectivity index (χ4n) is 1.50. The van der Waals surface area contributed by atoms with Crippen LogP contribution in [0.25, 0.3) is 0 Å². The van der Waals surface area contributed by atoms with Crippen LogP contribution in [0.1, 0.15) is 46.5 Å². The number of carbonyl (C=O) groups is 1. The molecule has 1 unspecified atom stereocenters. The van der Waals surface area contributed by atoms with Crippen molar-refractivity contribution in [3.05, 3.63) is 0 Å². The van der Waals surface area contributed by atoms with Crippen LogP contribution in [0.5, 0.6) is 0 Å². The van der Waals surface area contributed by atoms with E-state index in [1.807, 2.05) is 0 Å². The summed E-state index contributed by atoms with van der Waals surface area (Å²) in [5.41, 5.74) is 6.13. The van der Waals surface area contributed by atoms with Gasteiger partial charge in [-0.1, -0.05) is 20.8 Å². The Morgan fingerprint density at radius 3 is 2.44 bits per heavy atom. The van der Waals surface area contributed by atoms with E-state index in [9.17, 15) is 4.79 Å². The predicted octanol–water partition coefficient (Wildman–Crippen LogP) is 2.09. The van der Waals surface area contributed by atoms with Crippen LogP contribution in [0, 0.1) is 11.3 Å². The van der Waals surface area contributed by atoms with Crippen LogP contribution >= 0.6 is 12.4 Å². The van der Waals surface area contributed by atoms with Gasteiger partial charge in [0, 0.05) is 19.0 Å². The maximum absolute atomic E-state index is 11.5. The molecule has 0 aliphatic heterocycles. The van der Waals surface area contributed by atoms with Crippen molar-refractivity contribution in [3.63, 3.8) is 0 Å². The van der Waals surface area contributed by atoms with Crippen LogP contribution in [-0.2, 0) is 4.79 Å². The number of amides is 1. The molecule has 16 heavy (non-hydrogen) atoms. The first-order valence-electron chi connectivity index (χ1n) is 5.91. The molecule has 1 atom stereocenters. The number of rotatable bonds is 5. The average molecular weight is 249 g/mol. The fraction of sp³-hybridized carbons (Fsp3) is 0.917. The molecule has 1 aliphatic rings. The van der Waals surface area contributed by atoms with Gasteiger partial charge in [-0.25, -0.2) is 0 Å². The molecule has 0 saturated heterocycles. The summed E-state index contributed by atoms with van der Waals surface area (Å²) in [6.07, 6.45) is 4.01. The Balaban J connectivity index is 0.00000225.